The van der Waals surface area contributed by atoms with Crippen LogP contribution in [-0.4, -0.2) is 36.0 Å². The Hall–Kier alpha value is -0.570. The molecule has 1 aliphatic rings. The van der Waals surface area contributed by atoms with Crippen molar-refractivity contribution in [2.45, 2.75) is 79.3 Å². The molecule has 0 radical (unpaired) electrons. The van der Waals surface area contributed by atoms with Crippen molar-refractivity contribution in [1.29, 1.82) is 0 Å². The molecular weight excluding hydrogens is 260 g/mol. The lowest BCUT2D eigenvalue weighted by molar-refractivity contribution is -0.140. The molecule has 2 atom stereocenters. The van der Waals surface area contributed by atoms with E-state index in [4.69, 9.17) is 0 Å². The fraction of sp³-hybridized carbons (Fsp3) is 0.944. The molecule has 3 heteroatoms. The molecule has 21 heavy (non-hydrogen) atoms. The van der Waals surface area contributed by atoms with Crippen LogP contribution in [0.25, 0.3) is 0 Å². The summed E-state index contributed by atoms with van der Waals surface area (Å²) in [6.45, 7) is 15.1. The number of amides is 1. The van der Waals surface area contributed by atoms with E-state index in [0.717, 1.165) is 38.8 Å². The van der Waals surface area contributed by atoms with Gasteiger partial charge in [-0.25, -0.2) is 0 Å². The number of piperazine rings is 1. The molecule has 0 aliphatic carbocycles. The van der Waals surface area contributed by atoms with Crippen molar-refractivity contribution in [3.8, 4) is 0 Å². The molecule has 2 unspecified atom stereocenters. The van der Waals surface area contributed by atoms with Gasteiger partial charge in [0, 0.05) is 31.1 Å². The average molecular weight is 296 g/mol. The molecule has 1 saturated heterocycles. The highest BCUT2D eigenvalue weighted by molar-refractivity contribution is 5.79. The molecule has 0 bridgehead atoms. The molecule has 0 spiro atoms. The second-order valence-electron chi connectivity index (χ2n) is 7.52. The van der Waals surface area contributed by atoms with E-state index in [1.54, 1.807) is 0 Å². The van der Waals surface area contributed by atoms with E-state index in [1.165, 1.54) is 0 Å². The Labute approximate surface area is 131 Å². The quantitative estimate of drug-likeness (QED) is 0.777. The van der Waals surface area contributed by atoms with Gasteiger partial charge < -0.3 is 10.2 Å². The molecule has 0 saturated carbocycles. The maximum absolute atomic E-state index is 12.9. The van der Waals surface area contributed by atoms with Crippen LogP contribution in [0, 0.1) is 17.8 Å². The largest absolute Gasteiger partial charge is 0.337 e. The van der Waals surface area contributed by atoms with Crippen molar-refractivity contribution in [1.82, 2.24) is 10.2 Å². The van der Waals surface area contributed by atoms with Gasteiger partial charge in [0.2, 0.25) is 5.91 Å². The van der Waals surface area contributed by atoms with E-state index in [1.807, 2.05) is 0 Å². The van der Waals surface area contributed by atoms with E-state index in [9.17, 15) is 4.79 Å². The summed E-state index contributed by atoms with van der Waals surface area (Å²) in [5.41, 5.74) is 0. The van der Waals surface area contributed by atoms with Crippen molar-refractivity contribution in [3.05, 3.63) is 0 Å². The van der Waals surface area contributed by atoms with Gasteiger partial charge in [-0.1, -0.05) is 41.5 Å². The first-order chi connectivity index (χ1) is 9.88. The van der Waals surface area contributed by atoms with E-state index in [2.05, 4.69) is 51.8 Å². The highest BCUT2D eigenvalue weighted by atomic mass is 16.2. The zero-order valence-electron chi connectivity index (χ0n) is 15.0. The van der Waals surface area contributed by atoms with Crippen molar-refractivity contribution in [2.75, 3.05) is 13.1 Å². The topological polar surface area (TPSA) is 32.3 Å². The summed E-state index contributed by atoms with van der Waals surface area (Å²) in [6, 6.07) is 0.841. The molecule has 1 N–H and O–H groups in total. The zero-order chi connectivity index (χ0) is 16.0. The van der Waals surface area contributed by atoms with Gasteiger partial charge >= 0.3 is 0 Å². The minimum absolute atomic E-state index is 0.206. The summed E-state index contributed by atoms with van der Waals surface area (Å²) in [6.07, 6.45) is 4.18. The van der Waals surface area contributed by atoms with Crippen LogP contribution in [0.15, 0.2) is 0 Å². The number of hydrogen-bond acceptors (Lipinski definition) is 2. The molecule has 3 nitrogen and oxygen atoms in total. The van der Waals surface area contributed by atoms with Crippen LogP contribution in [0.3, 0.4) is 0 Å². The summed E-state index contributed by atoms with van der Waals surface area (Å²) in [7, 11) is 0. The monoisotopic (exact) mass is 296 g/mol. The van der Waals surface area contributed by atoms with Crippen molar-refractivity contribution in [2.24, 2.45) is 17.8 Å². The van der Waals surface area contributed by atoms with Crippen LogP contribution in [0.4, 0.5) is 0 Å². The zero-order valence-corrected chi connectivity index (χ0v) is 15.0. The van der Waals surface area contributed by atoms with Crippen molar-refractivity contribution >= 4 is 5.91 Å². The molecule has 1 fully saturated rings. The van der Waals surface area contributed by atoms with Gasteiger partial charge in [0.15, 0.2) is 0 Å². The van der Waals surface area contributed by atoms with Crippen LogP contribution < -0.4 is 5.32 Å². The second kappa shape index (κ2) is 8.77. The predicted octanol–water partition coefficient (Wildman–Crippen LogP) is 3.68. The summed E-state index contributed by atoms with van der Waals surface area (Å²) in [5.74, 6) is 1.91. The Balaban J connectivity index is 2.79. The number of rotatable bonds is 7. The number of nitrogens with zero attached hydrogens (tertiary/aromatic N) is 1. The maximum atomic E-state index is 12.9. The van der Waals surface area contributed by atoms with Crippen LogP contribution in [0.5, 0.6) is 0 Å². The van der Waals surface area contributed by atoms with Crippen molar-refractivity contribution in [3.63, 3.8) is 0 Å². The summed E-state index contributed by atoms with van der Waals surface area (Å²) in [4.78, 5) is 15.1. The summed E-state index contributed by atoms with van der Waals surface area (Å²) in [5, 5.41) is 3.67. The molecule has 1 amide bonds. The minimum Gasteiger partial charge on any atom is -0.337 e. The van der Waals surface area contributed by atoms with Gasteiger partial charge in [-0.05, 0) is 37.5 Å². The first-order valence-electron chi connectivity index (χ1n) is 8.92. The lowest BCUT2D eigenvalue weighted by Crippen LogP contribution is -2.59. The minimum atomic E-state index is 0.206. The van der Waals surface area contributed by atoms with Crippen LogP contribution in [0.1, 0.15) is 67.2 Å². The molecule has 0 aromatic carbocycles. The normalized spacial score (nSPS) is 23.4. The Kier molecular flexibility index (Phi) is 7.72. The molecule has 1 heterocycles. The smallest absolute Gasteiger partial charge is 0.226 e. The predicted molar refractivity (Wildman–Crippen MR) is 90.3 cm³/mol. The number of carbonyl (C=O) groups excluding carboxylic acids is 1. The summed E-state index contributed by atoms with van der Waals surface area (Å²) < 4.78 is 0. The first kappa shape index (κ1) is 18.5. The average Bonchev–Trinajstić information content (AvgIpc) is 2.40. The number of nitrogens with one attached hydrogen (secondary N) is 1. The van der Waals surface area contributed by atoms with Crippen LogP contribution >= 0.6 is 0 Å². The third-order valence-electron chi connectivity index (χ3n) is 4.62. The third kappa shape index (κ3) is 5.61. The highest BCUT2D eigenvalue weighted by Crippen LogP contribution is 2.22. The molecular formula is C18H36N2O. The van der Waals surface area contributed by atoms with E-state index < -0.39 is 0 Å². The van der Waals surface area contributed by atoms with Crippen molar-refractivity contribution < 1.29 is 4.79 Å². The third-order valence-corrected chi connectivity index (χ3v) is 4.62. The Morgan fingerprint density at radius 1 is 1.10 bits per heavy atom. The van der Waals surface area contributed by atoms with Gasteiger partial charge in [0.1, 0.15) is 0 Å². The Morgan fingerprint density at radius 2 is 1.67 bits per heavy atom. The van der Waals surface area contributed by atoms with Gasteiger partial charge in [-0.3, -0.25) is 4.79 Å². The second-order valence-corrected chi connectivity index (χ2v) is 7.52. The van der Waals surface area contributed by atoms with Gasteiger partial charge in [0.25, 0.3) is 0 Å². The van der Waals surface area contributed by atoms with E-state index in [-0.39, 0.29) is 5.92 Å². The van der Waals surface area contributed by atoms with Crippen LogP contribution in [-0.2, 0) is 4.79 Å². The molecule has 1 aliphatic heterocycles. The summed E-state index contributed by atoms with van der Waals surface area (Å²) >= 11 is 0. The van der Waals surface area contributed by atoms with Crippen LogP contribution in [0.2, 0.25) is 0 Å². The molecule has 0 aromatic rings. The Morgan fingerprint density at radius 3 is 2.14 bits per heavy atom. The first-order valence-corrected chi connectivity index (χ1v) is 8.92. The van der Waals surface area contributed by atoms with Gasteiger partial charge in [-0.2, -0.15) is 0 Å². The molecule has 1 rings (SSSR count). The van der Waals surface area contributed by atoms with Gasteiger partial charge in [0.05, 0.1) is 0 Å². The molecule has 124 valence electrons. The Bertz CT molecular complexity index is 310. The number of hydrogen-bond donors (Lipinski definition) is 1. The standard InChI is InChI=1S/C18H36N2O/c1-7-15(8-2)18(21)20-12-16(9-13(3)4)19-11-17(20)10-14(5)6/h13-17,19H,7-12H2,1-6H3. The number of carbonyl (C=O) groups is 1. The van der Waals surface area contributed by atoms with E-state index >= 15 is 0 Å². The van der Waals surface area contributed by atoms with Gasteiger partial charge in [-0.15, -0.1) is 0 Å². The highest BCUT2D eigenvalue weighted by Gasteiger charge is 2.33. The maximum Gasteiger partial charge on any atom is 0.226 e. The lowest BCUT2D eigenvalue weighted by Gasteiger charge is -2.43. The SMILES string of the molecule is CCC(CC)C(=O)N1CC(CC(C)C)NCC1CC(C)C. The van der Waals surface area contributed by atoms with E-state index in [0.29, 0.717) is 29.8 Å². The lowest BCUT2D eigenvalue weighted by atomic mass is 9.93. The fourth-order valence-electron chi connectivity index (χ4n) is 3.49. The fourth-order valence-corrected chi connectivity index (χ4v) is 3.49. The molecule has 0 aromatic heterocycles.